The minimum atomic E-state index is -0.896. The van der Waals surface area contributed by atoms with Crippen LogP contribution in [0, 0.1) is 11.6 Å². The summed E-state index contributed by atoms with van der Waals surface area (Å²) in [6, 6.07) is 10.3. The highest BCUT2D eigenvalue weighted by molar-refractivity contribution is 5.99. The van der Waals surface area contributed by atoms with E-state index in [0.717, 1.165) is 25.9 Å². The number of hydrogen-bond donors (Lipinski definition) is 0. The third-order valence-corrected chi connectivity index (χ3v) is 4.42. The van der Waals surface area contributed by atoms with Gasteiger partial charge in [-0.3, -0.25) is 0 Å². The van der Waals surface area contributed by atoms with Gasteiger partial charge in [0.2, 0.25) is 0 Å². The number of anilines is 1. The molecule has 0 unspecified atom stereocenters. The van der Waals surface area contributed by atoms with Crippen LogP contribution in [0.4, 0.5) is 14.5 Å². The van der Waals surface area contributed by atoms with Crippen molar-refractivity contribution in [1.82, 2.24) is 0 Å². The molecule has 2 aromatic rings. The van der Waals surface area contributed by atoms with Crippen LogP contribution in [-0.2, 0) is 4.84 Å². The number of carbonyl (C=O) groups excluding carboxylic acids is 1. The first kappa shape index (κ1) is 18.0. The molecule has 136 valence electrons. The Kier molecular flexibility index (Phi) is 5.61. The molecule has 0 aliphatic carbocycles. The van der Waals surface area contributed by atoms with E-state index in [9.17, 15) is 13.6 Å². The summed E-state index contributed by atoms with van der Waals surface area (Å²) in [7, 11) is 0. The molecule has 2 aromatic carbocycles. The van der Waals surface area contributed by atoms with Gasteiger partial charge in [0.15, 0.2) is 0 Å². The molecule has 1 fully saturated rings. The van der Waals surface area contributed by atoms with Gasteiger partial charge >= 0.3 is 5.97 Å². The van der Waals surface area contributed by atoms with Crippen molar-refractivity contribution in [2.75, 3.05) is 18.0 Å². The van der Waals surface area contributed by atoms with E-state index in [-0.39, 0.29) is 11.4 Å². The van der Waals surface area contributed by atoms with Gasteiger partial charge in [0.1, 0.15) is 11.6 Å². The molecule has 0 radical (unpaired) electrons. The Morgan fingerprint density at radius 2 is 1.77 bits per heavy atom. The first-order chi connectivity index (χ1) is 12.6. The van der Waals surface area contributed by atoms with Crippen LogP contribution in [0.2, 0.25) is 0 Å². The van der Waals surface area contributed by atoms with Gasteiger partial charge in [-0.15, -0.1) is 0 Å². The molecule has 1 aliphatic rings. The molecule has 6 heteroatoms. The highest BCUT2D eigenvalue weighted by Gasteiger charge is 2.16. The summed E-state index contributed by atoms with van der Waals surface area (Å²) in [6.45, 7) is 3.30. The molecule has 1 heterocycles. The first-order valence-corrected chi connectivity index (χ1v) is 8.61. The van der Waals surface area contributed by atoms with Gasteiger partial charge < -0.3 is 9.74 Å². The van der Waals surface area contributed by atoms with Gasteiger partial charge in [0.05, 0.1) is 17.0 Å². The molecule has 1 saturated heterocycles. The minimum Gasteiger partial charge on any atom is -0.369 e. The molecular weight excluding hydrogens is 338 g/mol. The maximum atomic E-state index is 14.5. The SMILES string of the molecule is C/C(=N\OC(=O)c1ccccc1F)c1ccc(N2CCCCC2)c(F)c1. The highest BCUT2D eigenvalue weighted by Crippen LogP contribution is 2.24. The van der Waals surface area contributed by atoms with Gasteiger partial charge in [-0.25, -0.2) is 13.6 Å². The Balaban J connectivity index is 1.72. The number of nitrogens with zero attached hydrogens (tertiary/aromatic N) is 2. The van der Waals surface area contributed by atoms with E-state index >= 15 is 0 Å². The average molecular weight is 358 g/mol. The monoisotopic (exact) mass is 358 g/mol. The Bertz CT molecular complexity index is 830. The summed E-state index contributed by atoms with van der Waals surface area (Å²) < 4.78 is 28.0. The zero-order valence-corrected chi connectivity index (χ0v) is 14.5. The molecular formula is C20H20F2N2O2. The molecule has 0 saturated carbocycles. The van der Waals surface area contributed by atoms with E-state index in [1.165, 1.54) is 36.8 Å². The number of hydrogen-bond acceptors (Lipinski definition) is 4. The van der Waals surface area contributed by atoms with Crippen LogP contribution < -0.4 is 4.90 Å². The van der Waals surface area contributed by atoms with E-state index in [1.807, 2.05) is 4.90 Å². The maximum absolute atomic E-state index is 14.5. The standard InChI is InChI=1S/C20H20F2N2O2/c1-14(23-26-20(25)16-7-3-4-8-17(16)21)15-9-10-19(18(22)13-15)24-11-5-2-6-12-24/h3-4,7-10,13H,2,5-6,11-12H2,1H3/b23-14+. The first-order valence-electron chi connectivity index (χ1n) is 8.61. The molecule has 0 atom stereocenters. The fourth-order valence-corrected chi connectivity index (χ4v) is 2.96. The molecule has 26 heavy (non-hydrogen) atoms. The number of halogens is 2. The molecule has 0 amide bonds. The van der Waals surface area contributed by atoms with Crippen molar-refractivity contribution in [3.8, 4) is 0 Å². The van der Waals surface area contributed by atoms with Crippen LogP contribution in [-0.4, -0.2) is 24.8 Å². The highest BCUT2D eigenvalue weighted by atomic mass is 19.1. The van der Waals surface area contributed by atoms with Crippen molar-refractivity contribution >= 4 is 17.4 Å². The van der Waals surface area contributed by atoms with E-state index in [4.69, 9.17) is 4.84 Å². The normalized spacial score (nSPS) is 15.0. The Hall–Kier alpha value is -2.76. The smallest absolute Gasteiger partial charge is 0.368 e. The second-order valence-corrected chi connectivity index (χ2v) is 6.25. The maximum Gasteiger partial charge on any atom is 0.368 e. The number of piperidine rings is 1. The Labute approximate surface area is 151 Å². The van der Waals surface area contributed by atoms with Crippen LogP contribution in [0.25, 0.3) is 0 Å². The van der Waals surface area contributed by atoms with Crippen LogP contribution in [0.15, 0.2) is 47.6 Å². The predicted molar refractivity (Wildman–Crippen MR) is 96.5 cm³/mol. The van der Waals surface area contributed by atoms with E-state index in [0.29, 0.717) is 17.0 Å². The minimum absolute atomic E-state index is 0.198. The van der Waals surface area contributed by atoms with Gasteiger partial charge in [-0.1, -0.05) is 23.4 Å². The van der Waals surface area contributed by atoms with Crippen LogP contribution in [0.5, 0.6) is 0 Å². The van der Waals surface area contributed by atoms with Crippen molar-refractivity contribution in [3.05, 3.63) is 65.2 Å². The predicted octanol–water partition coefficient (Wildman–Crippen LogP) is 4.54. The Morgan fingerprint density at radius 3 is 2.46 bits per heavy atom. The summed E-state index contributed by atoms with van der Waals surface area (Å²) in [5.74, 6) is -1.91. The number of oxime groups is 1. The van der Waals surface area contributed by atoms with E-state index in [2.05, 4.69) is 5.16 Å². The molecule has 0 aromatic heterocycles. The summed E-state index contributed by atoms with van der Waals surface area (Å²) in [4.78, 5) is 18.7. The third kappa shape index (κ3) is 4.07. The number of rotatable bonds is 4. The Morgan fingerprint density at radius 1 is 1.04 bits per heavy atom. The second-order valence-electron chi connectivity index (χ2n) is 6.25. The van der Waals surface area contributed by atoms with Gasteiger partial charge in [-0.2, -0.15) is 0 Å². The number of carbonyl (C=O) groups is 1. The lowest BCUT2D eigenvalue weighted by Crippen LogP contribution is -2.30. The molecule has 3 rings (SSSR count). The lowest BCUT2D eigenvalue weighted by atomic mass is 10.1. The second kappa shape index (κ2) is 8.08. The zero-order valence-electron chi connectivity index (χ0n) is 14.5. The van der Waals surface area contributed by atoms with Crippen molar-refractivity contribution < 1.29 is 18.4 Å². The molecule has 0 N–H and O–H groups in total. The van der Waals surface area contributed by atoms with Crippen molar-refractivity contribution in [1.29, 1.82) is 0 Å². The molecule has 0 bridgehead atoms. The van der Waals surface area contributed by atoms with Crippen molar-refractivity contribution in [3.63, 3.8) is 0 Å². The van der Waals surface area contributed by atoms with E-state index < -0.39 is 11.8 Å². The van der Waals surface area contributed by atoms with E-state index in [1.54, 1.807) is 19.1 Å². The molecule has 0 spiro atoms. The van der Waals surface area contributed by atoms with Crippen molar-refractivity contribution in [2.24, 2.45) is 5.16 Å². The molecule has 4 nitrogen and oxygen atoms in total. The fourth-order valence-electron chi connectivity index (χ4n) is 2.96. The fraction of sp³-hybridized carbons (Fsp3) is 0.300. The van der Waals surface area contributed by atoms with Crippen LogP contribution in [0.1, 0.15) is 42.1 Å². The average Bonchev–Trinajstić information content (AvgIpc) is 2.66. The summed E-state index contributed by atoms with van der Waals surface area (Å²) in [5.41, 5.74) is 1.21. The lowest BCUT2D eigenvalue weighted by molar-refractivity contribution is 0.0511. The zero-order chi connectivity index (χ0) is 18.5. The quantitative estimate of drug-likeness (QED) is 0.458. The third-order valence-electron chi connectivity index (χ3n) is 4.42. The van der Waals surface area contributed by atoms with Crippen LogP contribution in [0.3, 0.4) is 0 Å². The van der Waals surface area contributed by atoms with Gasteiger partial charge in [-0.05, 0) is 50.5 Å². The number of benzene rings is 2. The van der Waals surface area contributed by atoms with Gasteiger partial charge in [0.25, 0.3) is 0 Å². The topological polar surface area (TPSA) is 41.9 Å². The largest absolute Gasteiger partial charge is 0.369 e. The lowest BCUT2D eigenvalue weighted by Gasteiger charge is -2.29. The summed E-state index contributed by atoms with van der Waals surface area (Å²) in [6.07, 6.45) is 3.30. The van der Waals surface area contributed by atoms with Gasteiger partial charge in [0, 0.05) is 18.7 Å². The van der Waals surface area contributed by atoms with Crippen molar-refractivity contribution in [2.45, 2.75) is 26.2 Å². The summed E-state index contributed by atoms with van der Waals surface area (Å²) in [5, 5.41) is 3.72. The summed E-state index contributed by atoms with van der Waals surface area (Å²) >= 11 is 0. The van der Waals surface area contributed by atoms with Crippen LogP contribution >= 0.6 is 0 Å². The molecule has 1 aliphatic heterocycles.